The largest absolute Gasteiger partial charge is 0.457 e. The van der Waals surface area contributed by atoms with Crippen molar-refractivity contribution in [1.29, 1.82) is 0 Å². The Hall–Kier alpha value is -6.72. The minimum Gasteiger partial charge on any atom is -0.457 e. The Morgan fingerprint density at radius 1 is 0.776 bits per heavy atom. The topological polar surface area (TPSA) is 155 Å². The van der Waals surface area contributed by atoms with Crippen LogP contribution in [0.2, 0.25) is 0 Å². The number of anilines is 4. The van der Waals surface area contributed by atoms with Crippen LogP contribution in [0.4, 0.5) is 28.6 Å². The van der Waals surface area contributed by atoms with E-state index < -0.39 is 14.9 Å². The molecule has 1 aromatic heterocycles. The number of benzene rings is 6. The molecule has 0 saturated carbocycles. The number of ether oxygens (including phenoxy) is 2. The number of para-hydroxylation sites is 1. The average Bonchev–Trinajstić information content (AvgIpc) is 3.35. The first-order valence-electron chi connectivity index (χ1n) is 22.4. The van der Waals surface area contributed by atoms with Crippen molar-refractivity contribution >= 4 is 61.3 Å². The highest BCUT2D eigenvalue weighted by Crippen LogP contribution is 2.34. The van der Waals surface area contributed by atoms with Crippen LogP contribution in [0, 0.1) is 10.1 Å². The van der Waals surface area contributed by atoms with E-state index in [1.807, 2.05) is 67.6 Å². The smallest absolute Gasteiger partial charge is 0.293 e. The first kappa shape index (κ1) is 45.4. The number of fused-ring (bicyclic) bond motifs is 1. The molecule has 0 aliphatic carbocycles. The highest BCUT2D eigenvalue weighted by atomic mass is 32.2. The van der Waals surface area contributed by atoms with Gasteiger partial charge in [0.15, 0.2) is 5.82 Å². The van der Waals surface area contributed by atoms with Crippen molar-refractivity contribution in [3.63, 3.8) is 0 Å². The molecular formula is C51H52N8O6S2. The van der Waals surface area contributed by atoms with E-state index in [9.17, 15) is 18.5 Å². The van der Waals surface area contributed by atoms with Crippen molar-refractivity contribution in [2.45, 2.75) is 35.7 Å². The van der Waals surface area contributed by atoms with Crippen molar-refractivity contribution in [2.24, 2.45) is 0 Å². The monoisotopic (exact) mass is 936 g/mol. The lowest BCUT2D eigenvalue weighted by Crippen LogP contribution is -2.46. The van der Waals surface area contributed by atoms with Crippen LogP contribution in [0.5, 0.6) is 11.5 Å². The van der Waals surface area contributed by atoms with E-state index >= 15 is 0 Å². The van der Waals surface area contributed by atoms with E-state index in [4.69, 9.17) is 9.47 Å². The number of nitro benzene ring substituents is 1. The number of hydrogen-bond acceptors (Lipinski definition) is 13. The first-order valence-corrected chi connectivity index (χ1v) is 24.9. The zero-order chi connectivity index (χ0) is 46.2. The van der Waals surface area contributed by atoms with Gasteiger partial charge in [-0.15, -0.1) is 11.8 Å². The van der Waals surface area contributed by atoms with Crippen LogP contribution >= 0.6 is 11.8 Å². The Kier molecular flexibility index (Phi) is 14.1. The maximum Gasteiger partial charge on any atom is 0.293 e. The second-order valence-corrected chi connectivity index (χ2v) is 19.5. The van der Waals surface area contributed by atoms with Gasteiger partial charge < -0.3 is 24.6 Å². The molecule has 6 aromatic carbocycles. The van der Waals surface area contributed by atoms with Crippen LogP contribution in [0.25, 0.3) is 22.0 Å². The molecule has 2 fully saturated rings. The molecule has 14 nitrogen and oxygen atoms in total. The van der Waals surface area contributed by atoms with E-state index in [1.54, 1.807) is 11.8 Å². The summed E-state index contributed by atoms with van der Waals surface area (Å²) in [4.78, 5) is 28.4. The van der Waals surface area contributed by atoms with Gasteiger partial charge in [-0.3, -0.25) is 19.7 Å². The van der Waals surface area contributed by atoms with Gasteiger partial charge in [0.25, 0.3) is 15.7 Å². The van der Waals surface area contributed by atoms with Gasteiger partial charge in [-0.2, -0.15) is 0 Å². The van der Waals surface area contributed by atoms with Gasteiger partial charge in [-0.05, 0) is 115 Å². The summed E-state index contributed by atoms with van der Waals surface area (Å²) in [5.41, 5.74) is 6.14. The summed E-state index contributed by atoms with van der Waals surface area (Å²) in [5.74, 6) is 2.46. The lowest BCUT2D eigenvalue weighted by Gasteiger charge is -2.36. The highest BCUT2D eigenvalue weighted by Gasteiger charge is 2.25. The molecular weight excluding hydrogens is 885 g/mol. The highest BCUT2D eigenvalue weighted by molar-refractivity contribution is 7.99. The lowest BCUT2D eigenvalue weighted by atomic mass is 9.98. The number of thioether (sulfide) groups is 1. The van der Waals surface area contributed by atoms with Crippen LogP contribution in [0.15, 0.2) is 156 Å². The van der Waals surface area contributed by atoms with Gasteiger partial charge in [0, 0.05) is 79.6 Å². The van der Waals surface area contributed by atoms with Gasteiger partial charge in [0.1, 0.15) is 23.5 Å². The molecule has 1 atom stereocenters. The van der Waals surface area contributed by atoms with Gasteiger partial charge in [0.2, 0.25) is 0 Å². The third-order valence-electron chi connectivity index (χ3n) is 12.0. The third kappa shape index (κ3) is 11.3. The maximum atomic E-state index is 13.8. The summed E-state index contributed by atoms with van der Waals surface area (Å²) >= 11 is 1.72. The molecule has 67 heavy (non-hydrogen) atoms. The summed E-state index contributed by atoms with van der Waals surface area (Å²) in [6, 6.07) is 44.5. The number of piperazine rings is 1. The number of sulfonamides is 1. The van der Waals surface area contributed by atoms with E-state index in [-0.39, 0.29) is 28.1 Å². The van der Waals surface area contributed by atoms with Crippen LogP contribution < -0.4 is 24.6 Å². The van der Waals surface area contributed by atoms with Crippen molar-refractivity contribution < 1.29 is 22.8 Å². The molecule has 2 aliphatic heterocycles. The molecule has 0 unspecified atom stereocenters. The Labute approximate surface area is 395 Å². The normalized spacial score (nSPS) is 15.0. The minimum absolute atomic E-state index is 0.0841. The summed E-state index contributed by atoms with van der Waals surface area (Å²) in [5, 5.41) is 16.0. The molecule has 2 aliphatic rings. The van der Waals surface area contributed by atoms with Crippen LogP contribution in [-0.2, 0) is 21.3 Å². The number of aromatic nitrogens is 2. The standard InChI is InChI=1S/C51H52N8O6S2/c1-37(22-31-66-44-16-12-40(13-17-44)58-27-29-64-30-28-58)54-48-21-18-45(34-50(48)59(60)61)67(62,63)55-51-47-19-14-41(33-49(47)52-36-53-51)57-25-23-56(24-26-57)35-39-32-43(65-42-10-6-3-7-11-42)15-20-46(39)38-8-4-2-5-9-38/h2-21,32-34,36-37,54H,22-31,35H2,1H3,(H,52,53,55)/t37-/m1/s1. The summed E-state index contributed by atoms with van der Waals surface area (Å²) in [6.45, 7) is 9.16. The van der Waals surface area contributed by atoms with E-state index in [0.29, 0.717) is 10.9 Å². The quantitative estimate of drug-likeness (QED) is 0.0506. The number of morpholine rings is 1. The Morgan fingerprint density at radius 3 is 2.24 bits per heavy atom. The van der Waals surface area contributed by atoms with Crippen LogP contribution in [0.3, 0.4) is 0 Å². The Bertz CT molecular complexity index is 2920. The Morgan fingerprint density at radius 2 is 1.49 bits per heavy atom. The molecule has 7 aromatic rings. The fourth-order valence-corrected chi connectivity index (χ4v) is 10.5. The zero-order valence-electron chi connectivity index (χ0n) is 37.2. The number of rotatable bonds is 17. The number of nitrogens with one attached hydrogen (secondary N) is 2. The molecule has 2 N–H and O–H groups in total. The van der Waals surface area contributed by atoms with Crippen LogP contribution in [0.1, 0.15) is 18.9 Å². The van der Waals surface area contributed by atoms with Gasteiger partial charge in [-0.25, -0.2) is 18.4 Å². The molecule has 344 valence electrons. The third-order valence-corrected chi connectivity index (χ3v) is 14.4. The summed E-state index contributed by atoms with van der Waals surface area (Å²) in [7, 11) is -4.27. The van der Waals surface area contributed by atoms with Crippen molar-refractivity contribution in [3.05, 3.63) is 162 Å². The molecule has 2 saturated heterocycles. The van der Waals surface area contributed by atoms with Crippen LogP contribution in [-0.4, -0.2) is 92.5 Å². The van der Waals surface area contributed by atoms with Crippen molar-refractivity contribution in [3.8, 4) is 22.6 Å². The molecule has 16 heteroatoms. The Balaban J connectivity index is 0.817. The summed E-state index contributed by atoms with van der Waals surface area (Å²) in [6.07, 6.45) is 2.04. The van der Waals surface area contributed by atoms with Crippen molar-refractivity contribution in [2.75, 3.05) is 78.1 Å². The molecule has 0 radical (unpaired) electrons. The second-order valence-electron chi connectivity index (χ2n) is 16.6. The molecule has 0 spiro atoms. The molecule has 0 amide bonds. The fraction of sp³-hybridized carbons (Fsp3) is 0.255. The average molecular weight is 937 g/mol. The molecule has 3 heterocycles. The lowest BCUT2D eigenvalue weighted by molar-refractivity contribution is -0.384. The summed E-state index contributed by atoms with van der Waals surface area (Å²) < 4.78 is 41.8. The molecule has 0 bridgehead atoms. The zero-order valence-corrected chi connectivity index (χ0v) is 38.8. The second kappa shape index (κ2) is 20.8. The number of nitrogens with zero attached hydrogens (tertiary/aromatic N) is 6. The SMILES string of the molecule is C[C@H](CCSc1ccc(N2CCOCC2)cc1)Nc1ccc(S(=O)(=O)Nc2ncnc3cc(N4CCN(Cc5cc(Oc6ccccc6)ccc5-c5ccccc5)CC4)ccc23)cc1[N+](=O)[O-]. The van der Waals surface area contributed by atoms with Gasteiger partial charge in [-0.1, -0.05) is 54.6 Å². The van der Waals surface area contributed by atoms with Gasteiger partial charge >= 0.3 is 0 Å². The minimum atomic E-state index is -4.27. The predicted octanol–water partition coefficient (Wildman–Crippen LogP) is 9.94. The molecule has 9 rings (SSSR count). The van der Waals surface area contributed by atoms with E-state index in [0.717, 1.165) is 105 Å². The maximum absolute atomic E-state index is 13.8. The number of hydrogen-bond donors (Lipinski definition) is 2. The fourth-order valence-electron chi connectivity index (χ4n) is 8.42. The first-order chi connectivity index (χ1) is 32.6. The van der Waals surface area contributed by atoms with Gasteiger partial charge in [0.05, 0.1) is 28.5 Å². The number of nitro groups is 1. The van der Waals surface area contributed by atoms with E-state index in [2.05, 4.69) is 95.4 Å². The van der Waals surface area contributed by atoms with E-state index in [1.165, 1.54) is 35.3 Å². The predicted molar refractivity (Wildman–Crippen MR) is 267 cm³/mol. The van der Waals surface area contributed by atoms with Crippen molar-refractivity contribution in [1.82, 2.24) is 14.9 Å².